The number of nitrogen functional groups attached to an aromatic ring is 1. The van der Waals surface area contributed by atoms with E-state index in [9.17, 15) is 4.79 Å². The average Bonchev–Trinajstić information content (AvgIpc) is 2.40. The Kier molecular flexibility index (Phi) is 6.31. The second-order valence-electron chi connectivity index (χ2n) is 4.87. The maximum absolute atomic E-state index is 11.9. The standard InChI is InChI=1S/C15H24N2O3/c1-10-8-11(2)14(9-13(10)16)20-12(3)15(18)17-6-5-7-19-4/h8-9,12H,5-7,16H2,1-4H3,(H,17,18). The first kappa shape index (κ1) is 16.3. The van der Waals surface area contributed by atoms with Gasteiger partial charge in [0.2, 0.25) is 0 Å². The molecule has 20 heavy (non-hydrogen) atoms. The Balaban J connectivity index is 2.55. The summed E-state index contributed by atoms with van der Waals surface area (Å²) in [7, 11) is 1.64. The number of anilines is 1. The molecule has 0 aliphatic heterocycles. The first-order chi connectivity index (χ1) is 9.45. The number of benzene rings is 1. The van der Waals surface area contributed by atoms with Crippen molar-refractivity contribution in [2.45, 2.75) is 33.3 Å². The molecule has 1 rings (SSSR count). The molecule has 5 heteroatoms. The van der Waals surface area contributed by atoms with Crippen LogP contribution in [0, 0.1) is 13.8 Å². The van der Waals surface area contributed by atoms with E-state index < -0.39 is 6.10 Å². The quantitative estimate of drug-likeness (QED) is 0.590. The zero-order valence-corrected chi connectivity index (χ0v) is 12.7. The highest BCUT2D eigenvalue weighted by Crippen LogP contribution is 2.25. The molecule has 0 fully saturated rings. The molecular formula is C15H24N2O3. The Morgan fingerprint density at radius 2 is 2.05 bits per heavy atom. The van der Waals surface area contributed by atoms with Gasteiger partial charge in [0.15, 0.2) is 6.10 Å². The molecule has 0 bridgehead atoms. The van der Waals surface area contributed by atoms with Crippen LogP contribution in [0.1, 0.15) is 24.5 Å². The van der Waals surface area contributed by atoms with Gasteiger partial charge in [-0.25, -0.2) is 0 Å². The lowest BCUT2D eigenvalue weighted by molar-refractivity contribution is -0.127. The van der Waals surface area contributed by atoms with Crippen molar-refractivity contribution in [2.24, 2.45) is 0 Å². The van der Waals surface area contributed by atoms with Crippen LogP contribution in [-0.2, 0) is 9.53 Å². The van der Waals surface area contributed by atoms with Crippen molar-refractivity contribution < 1.29 is 14.3 Å². The van der Waals surface area contributed by atoms with Gasteiger partial charge in [0.05, 0.1) is 0 Å². The summed E-state index contributed by atoms with van der Waals surface area (Å²) >= 11 is 0. The van der Waals surface area contributed by atoms with E-state index in [2.05, 4.69) is 5.32 Å². The molecule has 0 aliphatic rings. The molecule has 0 saturated carbocycles. The summed E-state index contributed by atoms with van der Waals surface area (Å²) < 4.78 is 10.6. The number of aryl methyl sites for hydroxylation is 2. The van der Waals surface area contributed by atoms with Crippen LogP contribution in [0.25, 0.3) is 0 Å². The lowest BCUT2D eigenvalue weighted by Crippen LogP contribution is -2.37. The van der Waals surface area contributed by atoms with Crippen molar-refractivity contribution in [3.63, 3.8) is 0 Å². The van der Waals surface area contributed by atoms with Crippen LogP contribution in [-0.4, -0.2) is 32.3 Å². The first-order valence-corrected chi connectivity index (χ1v) is 6.75. The minimum Gasteiger partial charge on any atom is -0.481 e. The molecule has 0 aliphatic carbocycles. The molecule has 3 N–H and O–H groups in total. The Morgan fingerprint density at radius 1 is 1.35 bits per heavy atom. The highest BCUT2D eigenvalue weighted by Gasteiger charge is 2.15. The Morgan fingerprint density at radius 3 is 2.70 bits per heavy atom. The number of rotatable bonds is 7. The predicted molar refractivity (Wildman–Crippen MR) is 79.9 cm³/mol. The molecule has 0 heterocycles. The second-order valence-corrected chi connectivity index (χ2v) is 4.87. The van der Waals surface area contributed by atoms with Crippen molar-refractivity contribution in [3.05, 3.63) is 23.3 Å². The molecule has 112 valence electrons. The van der Waals surface area contributed by atoms with Crippen molar-refractivity contribution in [1.29, 1.82) is 0 Å². The fourth-order valence-electron chi connectivity index (χ4n) is 1.79. The molecule has 1 aromatic carbocycles. The molecule has 1 unspecified atom stereocenters. The zero-order chi connectivity index (χ0) is 15.1. The van der Waals surface area contributed by atoms with Gasteiger partial charge < -0.3 is 20.5 Å². The summed E-state index contributed by atoms with van der Waals surface area (Å²) in [6.07, 6.45) is 0.226. The van der Waals surface area contributed by atoms with Gasteiger partial charge in [0.25, 0.3) is 5.91 Å². The van der Waals surface area contributed by atoms with Crippen LogP contribution < -0.4 is 15.8 Å². The molecular weight excluding hydrogens is 256 g/mol. The Hall–Kier alpha value is -1.75. The van der Waals surface area contributed by atoms with Gasteiger partial charge in [-0.2, -0.15) is 0 Å². The van der Waals surface area contributed by atoms with E-state index in [0.29, 0.717) is 24.6 Å². The number of carbonyl (C=O) groups excluding carboxylic acids is 1. The molecule has 1 aromatic rings. The van der Waals surface area contributed by atoms with E-state index in [1.807, 2.05) is 19.9 Å². The van der Waals surface area contributed by atoms with Crippen LogP contribution in [0.2, 0.25) is 0 Å². The van der Waals surface area contributed by atoms with Crippen LogP contribution in [0.5, 0.6) is 5.75 Å². The lowest BCUT2D eigenvalue weighted by atomic mass is 10.1. The number of nitrogens with one attached hydrogen (secondary N) is 1. The highest BCUT2D eigenvalue weighted by atomic mass is 16.5. The highest BCUT2D eigenvalue weighted by molar-refractivity contribution is 5.80. The maximum atomic E-state index is 11.9. The summed E-state index contributed by atoms with van der Waals surface area (Å²) in [5.41, 5.74) is 8.50. The summed E-state index contributed by atoms with van der Waals surface area (Å²) in [4.78, 5) is 11.9. The van der Waals surface area contributed by atoms with Crippen molar-refractivity contribution in [1.82, 2.24) is 5.32 Å². The van der Waals surface area contributed by atoms with Gasteiger partial charge >= 0.3 is 0 Å². The van der Waals surface area contributed by atoms with Gasteiger partial charge in [-0.15, -0.1) is 0 Å². The monoisotopic (exact) mass is 280 g/mol. The normalized spacial score (nSPS) is 12.0. The van der Waals surface area contributed by atoms with Crippen LogP contribution in [0.4, 0.5) is 5.69 Å². The van der Waals surface area contributed by atoms with Crippen molar-refractivity contribution in [3.8, 4) is 5.75 Å². The Labute approximate surface area is 120 Å². The minimum atomic E-state index is -0.557. The third-order valence-corrected chi connectivity index (χ3v) is 3.06. The van der Waals surface area contributed by atoms with Gasteiger partial charge in [-0.05, 0) is 38.3 Å². The van der Waals surface area contributed by atoms with Crippen molar-refractivity contribution >= 4 is 11.6 Å². The maximum Gasteiger partial charge on any atom is 0.260 e. The number of nitrogens with two attached hydrogens (primary N) is 1. The van der Waals surface area contributed by atoms with Crippen LogP contribution in [0.3, 0.4) is 0 Å². The zero-order valence-electron chi connectivity index (χ0n) is 12.7. The van der Waals surface area contributed by atoms with Gasteiger partial charge in [0.1, 0.15) is 5.75 Å². The molecule has 1 amide bonds. The fourth-order valence-corrected chi connectivity index (χ4v) is 1.79. The number of hydrogen-bond donors (Lipinski definition) is 2. The topological polar surface area (TPSA) is 73.6 Å². The third-order valence-electron chi connectivity index (χ3n) is 3.06. The fraction of sp³-hybridized carbons (Fsp3) is 0.533. The number of ether oxygens (including phenoxy) is 2. The van der Waals surface area contributed by atoms with E-state index in [4.69, 9.17) is 15.2 Å². The van der Waals surface area contributed by atoms with E-state index in [0.717, 1.165) is 17.5 Å². The summed E-state index contributed by atoms with van der Waals surface area (Å²) in [5, 5.41) is 2.81. The summed E-state index contributed by atoms with van der Waals surface area (Å²) in [6, 6.07) is 3.72. The van der Waals surface area contributed by atoms with Crippen LogP contribution >= 0.6 is 0 Å². The molecule has 0 radical (unpaired) electrons. The SMILES string of the molecule is COCCCNC(=O)C(C)Oc1cc(N)c(C)cc1C. The number of amides is 1. The Bertz CT molecular complexity index is 461. The smallest absolute Gasteiger partial charge is 0.260 e. The average molecular weight is 280 g/mol. The number of hydrogen-bond acceptors (Lipinski definition) is 4. The van der Waals surface area contributed by atoms with Gasteiger partial charge in [0, 0.05) is 32.0 Å². The third kappa shape index (κ3) is 4.74. The van der Waals surface area contributed by atoms with Gasteiger partial charge in [-0.1, -0.05) is 6.07 Å². The molecule has 0 aromatic heterocycles. The van der Waals surface area contributed by atoms with E-state index >= 15 is 0 Å². The minimum absolute atomic E-state index is 0.139. The van der Waals surface area contributed by atoms with E-state index in [1.165, 1.54) is 0 Å². The van der Waals surface area contributed by atoms with Crippen molar-refractivity contribution in [2.75, 3.05) is 26.0 Å². The molecule has 5 nitrogen and oxygen atoms in total. The lowest BCUT2D eigenvalue weighted by Gasteiger charge is -2.17. The first-order valence-electron chi connectivity index (χ1n) is 6.75. The van der Waals surface area contributed by atoms with Gasteiger partial charge in [-0.3, -0.25) is 4.79 Å². The number of methoxy groups -OCH3 is 1. The second kappa shape index (κ2) is 7.75. The molecule has 1 atom stereocenters. The summed E-state index contributed by atoms with van der Waals surface area (Å²) in [6.45, 7) is 6.81. The van der Waals surface area contributed by atoms with E-state index in [-0.39, 0.29) is 5.91 Å². The summed E-state index contributed by atoms with van der Waals surface area (Å²) in [5.74, 6) is 0.507. The largest absolute Gasteiger partial charge is 0.481 e. The van der Waals surface area contributed by atoms with E-state index in [1.54, 1.807) is 20.1 Å². The number of carbonyl (C=O) groups is 1. The van der Waals surface area contributed by atoms with Crippen LogP contribution in [0.15, 0.2) is 12.1 Å². The molecule has 0 saturated heterocycles. The predicted octanol–water partition coefficient (Wildman–Crippen LogP) is 1.81. The molecule has 0 spiro atoms.